The first kappa shape index (κ1) is 9.12. The Morgan fingerprint density at radius 1 is 2.00 bits per heavy atom. The molecule has 0 spiro atoms. The maximum absolute atomic E-state index is 6.14. The molecule has 0 unspecified atom stereocenters. The van der Waals surface area contributed by atoms with Crippen molar-refractivity contribution >= 4 is 41.8 Å². The summed E-state index contributed by atoms with van der Waals surface area (Å²) in [6.07, 6.45) is 0. The number of thiol groups is 1. The van der Waals surface area contributed by atoms with Gasteiger partial charge in [0.05, 0.1) is 0 Å². The zero-order valence-electron chi connectivity index (χ0n) is 3.43. The van der Waals surface area contributed by atoms with Gasteiger partial charge in [0.2, 0.25) is 0 Å². The Morgan fingerprint density at radius 3 is 2.00 bits per heavy atom. The molecule has 3 N–H and O–H groups in total. The van der Waals surface area contributed by atoms with E-state index in [4.69, 9.17) is 5.41 Å². The Morgan fingerprint density at radius 2 is 2.00 bits per heavy atom. The average molecular weight is 205 g/mol. The smallest absolute Gasteiger partial charge is 0.379 e. The summed E-state index contributed by atoms with van der Waals surface area (Å²) in [5, 5.41) is 6.00. The first-order valence-electron chi connectivity index (χ1n) is 0.762. The summed E-state index contributed by atoms with van der Waals surface area (Å²) >= 11 is 3.33. The molecule has 5 heavy (non-hydrogen) atoms. The lowest BCUT2D eigenvalue weighted by Crippen LogP contribution is -1.96. The van der Waals surface area contributed by atoms with E-state index in [0.717, 1.165) is 0 Å². The van der Waals surface area contributed by atoms with Crippen LogP contribution in [0.5, 0.6) is 0 Å². The summed E-state index contributed by atoms with van der Waals surface area (Å²) in [5.41, 5.74) is 4.56. The van der Waals surface area contributed by atoms with Gasteiger partial charge in [-0.3, -0.25) is 5.41 Å². The lowest BCUT2D eigenvalue weighted by atomic mass is 11.4. The van der Waals surface area contributed by atoms with Gasteiger partial charge in [-0.1, -0.05) is 0 Å². The van der Waals surface area contributed by atoms with Crippen LogP contribution in [0.3, 0.4) is 0 Å². The Kier molecular flexibility index (Phi) is 8.30. The van der Waals surface area contributed by atoms with Crippen molar-refractivity contribution in [3.05, 3.63) is 0 Å². The third kappa shape index (κ3) is 97.8. The van der Waals surface area contributed by atoms with Gasteiger partial charge < -0.3 is 5.73 Å². The van der Waals surface area contributed by atoms with E-state index < -0.39 is 0 Å². The van der Waals surface area contributed by atoms with Gasteiger partial charge in [-0.05, 0) is 0 Å². The van der Waals surface area contributed by atoms with Gasteiger partial charge in [-0.25, -0.2) is 0 Å². The summed E-state index contributed by atoms with van der Waals surface area (Å²) < 4.78 is 0. The van der Waals surface area contributed by atoms with Crippen molar-refractivity contribution in [1.82, 2.24) is 0 Å². The second-order valence-corrected chi connectivity index (χ2v) is 0.867. The molecule has 0 heterocycles. The number of hydrogen-bond donors (Lipinski definition) is 3. The molecule has 0 aliphatic rings. The van der Waals surface area contributed by atoms with Crippen molar-refractivity contribution in [2.45, 2.75) is 0 Å². The second-order valence-electron chi connectivity index (χ2n) is 0.385. The van der Waals surface area contributed by atoms with Crippen molar-refractivity contribution in [3.8, 4) is 0 Å². The third-order valence-electron chi connectivity index (χ3n) is 0. The van der Waals surface area contributed by atoms with Crippen LogP contribution in [-0.2, 0) is 0 Å². The molecule has 0 aromatic rings. The minimum absolute atomic E-state index is 0. The van der Waals surface area contributed by atoms with Crippen LogP contribution in [0.1, 0.15) is 1.43 Å². The minimum Gasteiger partial charge on any atom is -0.379 e. The molecule has 0 rings (SSSR count). The highest BCUT2D eigenvalue weighted by molar-refractivity contribution is 14.0. The van der Waals surface area contributed by atoms with Gasteiger partial charge in [0.1, 0.15) is 5.17 Å². The standard InChI is InChI=1S/CH4N2S.HI/c2-1(3)4;/h(H4,2,3,4);1H/p+1. The highest BCUT2D eigenvalue weighted by Gasteiger charge is 1.55. The normalized spacial score (nSPS) is 5.00. The molecule has 0 fully saturated rings. The van der Waals surface area contributed by atoms with Crippen molar-refractivity contribution in [3.63, 3.8) is 0 Å². The molecule has 0 aromatic carbocycles. The van der Waals surface area contributed by atoms with Crippen LogP contribution < -0.4 is 5.73 Å². The number of rotatable bonds is 0. The molecular formula is CH6IN2S+. The number of hydrogen-bond acceptors (Lipinski definition) is 1. The summed E-state index contributed by atoms with van der Waals surface area (Å²) in [4.78, 5) is 0. The van der Waals surface area contributed by atoms with E-state index in [2.05, 4.69) is 18.4 Å². The van der Waals surface area contributed by atoms with Crippen LogP contribution in [0.15, 0.2) is 0 Å². The molecule has 0 saturated carbocycles. The fourth-order valence-electron chi connectivity index (χ4n) is 0. The van der Waals surface area contributed by atoms with Crippen molar-refractivity contribution < 1.29 is 1.43 Å². The molecule has 0 aliphatic carbocycles. The molecule has 0 aliphatic heterocycles. The van der Waals surface area contributed by atoms with Crippen molar-refractivity contribution in [2.75, 3.05) is 0 Å². The lowest BCUT2D eigenvalue weighted by molar-refractivity contribution is 1.51. The average Bonchev–Trinajstić information content (AvgIpc) is 0.811. The molecule has 32 valence electrons. The Balaban J connectivity index is -0.0000000450. The third-order valence-corrected chi connectivity index (χ3v) is 0. The number of nitrogens with one attached hydrogen (secondary N) is 1. The quantitative estimate of drug-likeness (QED) is 0.230. The number of halogens is 1. The van der Waals surface area contributed by atoms with Crippen LogP contribution in [0.25, 0.3) is 0 Å². The van der Waals surface area contributed by atoms with Gasteiger partial charge in [-0.15, -0.1) is 36.6 Å². The van der Waals surface area contributed by atoms with Crippen LogP contribution >= 0.6 is 36.6 Å². The van der Waals surface area contributed by atoms with Gasteiger partial charge in [0, 0.05) is 0 Å². The summed E-state index contributed by atoms with van der Waals surface area (Å²) in [7, 11) is 0. The fourth-order valence-corrected chi connectivity index (χ4v) is 0. The highest BCUT2D eigenvalue weighted by Crippen LogP contribution is 1.56. The molecule has 0 amide bonds. The van der Waals surface area contributed by atoms with E-state index in [9.17, 15) is 0 Å². The molecule has 2 nitrogen and oxygen atoms in total. The van der Waals surface area contributed by atoms with E-state index in [1.165, 1.54) is 0 Å². The van der Waals surface area contributed by atoms with E-state index in [1.54, 1.807) is 0 Å². The SMILES string of the molecule is I.N=C(N)S.[H+]. The van der Waals surface area contributed by atoms with E-state index in [1.807, 2.05) is 0 Å². The zero-order valence-corrected chi connectivity index (χ0v) is 5.66. The van der Waals surface area contributed by atoms with Gasteiger partial charge in [0.25, 0.3) is 0 Å². The summed E-state index contributed by atoms with van der Waals surface area (Å²) in [5.74, 6) is 0. The highest BCUT2D eigenvalue weighted by atomic mass is 127. The zero-order chi connectivity index (χ0) is 3.58. The number of nitrogens with two attached hydrogens (primary N) is 1. The maximum atomic E-state index is 6.14. The first-order chi connectivity index (χ1) is 1.73. The van der Waals surface area contributed by atoms with Gasteiger partial charge in [-0.2, -0.15) is 0 Å². The number of amidine groups is 1. The lowest BCUT2D eigenvalue weighted by Gasteiger charge is -1.65. The topological polar surface area (TPSA) is 49.9 Å². The van der Waals surface area contributed by atoms with Crippen molar-refractivity contribution in [2.24, 2.45) is 5.73 Å². The fraction of sp³-hybridized carbons (Fsp3) is 0. The summed E-state index contributed by atoms with van der Waals surface area (Å²) in [6, 6.07) is 0. The van der Waals surface area contributed by atoms with Crippen LogP contribution in [0, 0.1) is 5.41 Å². The van der Waals surface area contributed by atoms with Crippen molar-refractivity contribution in [1.29, 1.82) is 5.41 Å². The second kappa shape index (κ2) is 4.55. The Bertz CT molecular complexity index is 36.5. The molecule has 0 radical (unpaired) electrons. The van der Waals surface area contributed by atoms with E-state index in [-0.39, 0.29) is 30.6 Å². The predicted molar refractivity (Wildman–Crippen MR) is 37.4 cm³/mol. The van der Waals surface area contributed by atoms with Crippen LogP contribution in [0.4, 0.5) is 0 Å². The molecule has 0 aromatic heterocycles. The van der Waals surface area contributed by atoms with Crippen LogP contribution in [0.2, 0.25) is 0 Å². The molecule has 0 atom stereocenters. The predicted octanol–water partition coefficient (Wildman–Crippen LogP) is 0.540. The Hall–Kier alpha value is 0.550. The maximum Gasteiger partial charge on any atom is 1.00 e. The molecule has 4 heteroatoms. The van der Waals surface area contributed by atoms with Gasteiger partial charge >= 0.3 is 1.43 Å². The van der Waals surface area contributed by atoms with E-state index >= 15 is 0 Å². The van der Waals surface area contributed by atoms with Gasteiger partial charge in [0.15, 0.2) is 0 Å². The monoisotopic (exact) mass is 205 g/mol. The largest absolute Gasteiger partial charge is 1.00 e. The van der Waals surface area contributed by atoms with E-state index in [0.29, 0.717) is 0 Å². The van der Waals surface area contributed by atoms with Crippen LogP contribution in [-0.4, -0.2) is 5.17 Å². The molecular weight excluding hydrogens is 199 g/mol. The summed E-state index contributed by atoms with van der Waals surface area (Å²) in [6.45, 7) is 0. The Labute approximate surface area is 54.5 Å². The first-order valence-corrected chi connectivity index (χ1v) is 1.21. The molecule has 0 saturated heterocycles. The molecule has 0 bridgehead atoms. The minimum atomic E-state index is -0.139.